The maximum Gasteiger partial charge on any atom is 0.472 e. The second kappa shape index (κ2) is 36.2. The van der Waals surface area contributed by atoms with Crippen LogP contribution in [0, 0.1) is 0 Å². The Hall–Kier alpha value is -2.41. The van der Waals surface area contributed by atoms with Gasteiger partial charge in [-0.1, -0.05) is 152 Å². The molecule has 0 amide bonds. The number of aliphatic hydroxyl groups is 3. The van der Waals surface area contributed by atoms with Crippen LogP contribution in [0.3, 0.4) is 0 Å². The number of hydrogen-bond donors (Lipinski definition) is 5. The van der Waals surface area contributed by atoms with E-state index in [1.165, 1.54) is 63.9 Å². The zero-order valence-corrected chi connectivity index (χ0v) is 33.9. The number of rotatable bonds is 36. The Morgan fingerprint density at radius 1 is 0.685 bits per heavy atom. The monoisotopic (exact) mass is 785 g/mol. The van der Waals surface area contributed by atoms with Gasteiger partial charge in [0.05, 0.1) is 31.5 Å². The average Bonchev–Trinajstić information content (AvgIpc) is 3.14. The fraction of sp³-hybridized carbons (Fsp3) is 0.707. The van der Waals surface area contributed by atoms with Crippen molar-refractivity contribution in [2.75, 3.05) is 26.4 Å². The van der Waals surface area contributed by atoms with Crippen LogP contribution in [-0.4, -0.2) is 82.9 Å². The smallest absolute Gasteiger partial charge is 0.462 e. The Kier molecular flexibility index (Phi) is 34.6. The number of phosphoric ester groups is 1. The van der Waals surface area contributed by atoms with E-state index in [0.29, 0.717) is 12.8 Å². The summed E-state index contributed by atoms with van der Waals surface area (Å²) in [5.74, 6) is -1.16. The summed E-state index contributed by atoms with van der Waals surface area (Å²) in [6, 6.07) is 0. The predicted molar refractivity (Wildman–Crippen MR) is 214 cm³/mol. The Balaban J connectivity index is 4.57. The zero-order chi connectivity index (χ0) is 40.1. The molecule has 0 bridgehead atoms. The molecule has 0 spiro atoms. The van der Waals surface area contributed by atoms with Crippen molar-refractivity contribution < 1.29 is 52.9 Å². The summed E-state index contributed by atoms with van der Waals surface area (Å²) in [4.78, 5) is 34.8. The van der Waals surface area contributed by atoms with E-state index in [9.17, 15) is 34.4 Å². The fourth-order valence-corrected chi connectivity index (χ4v) is 5.92. The van der Waals surface area contributed by atoms with Crippen molar-refractivity contribution in [3.63, 3.8) is 0 Å². The van der Waals surface area contributed by atoms with Gasteiger partial charge in [-0.2, -0.15) is 0 Å². The van der Waals surface area contributed by atoms with Gasteiger partial charge in [0.1, 0.15) is 6.61 Å². The summed E-state index contributed by atoms with van der Waals surface area (Å²) >= 11 is 0. The van der Waals surface area contributed by atoms with Crippen molar-refractivity contribution in [2.24, 2.45) is 5.73 Å². The van der Waals surface area contributed by atoms with E-state index in [0.717, 1.165) is 25.7 Å². The third-order valence-electron chi connectivity index (χ3n) is 8.26. The van der Waals surface area contributed by atoms with Crippen molar-refractivity contribution in [1.82, 2.24) is 0 Å². The first-order valence-corrected chi connectivity index (χ1v) is 21.6. The molecule has 0 heterocycles. The van der Waals surface area contributed by atoms with Crippen molar-refractivity contribution >= 4 is 19.8 Å². The number of hydrogen-bond acceptors (Lipinski definition) is 11. The molecule has 0 aliphatic rings. The molecule has 0 aromatic heterocycles. The number of ether oxygens (including phenoxy) is 2. The van der Waals surface area contributed by atoms with Crippen LogP contribution in [0.2, 0.25) is 0 Å². The van der Waals surface area contributed by atoms with Crippen LogP contribution in [0.4, 0.5) is 0 Å². The van der Waals surface area contributed by atoms with Crippen molar-refractivity contribution in [3.05, 3.63) is 60.8 Å². The molecule has 0 radical (unpaired) electrons. The standard InChI is InChI=1S/C41H72NO11P/c1-3-5-7-8-9-10-11-12-13-14-15-20-24-30-40(46)50-34-37(35-52-54(48,49)51-33-32-42)53-41(47)31-25-29-39(45)38(44)28-23-19-17-16-18-22-27-36(43)26-21-6-4-2/h6,16-19,21-23,27-28,36-39,43-45H,3-5,7-15,20,24-26,29-35,42H2,1-2H3,(H,48,49)/b18-16+,19-17-,21-6-,27-22+,28-23-/t36-,37+,38+,39+/m0/s1. The molecule has 0 aliphatic carbocycles. The van der Waals surface area contributed by atoms with Crippen LogP contribution in [0.25, 0.3) is 0 Å². The number of phosphoric acid groups is 1. The minimum absolute atomic E-state index is 0.00439. The summed E-state index contributed by atoms with van der Waals surface area (Å²) in [6.07, 6.45) is 30.6. The molecule has 0 fully saturated rings. The van der Waals surface area contributed by atoms with Crippen molar-refractivity contribution in [2.45, 2.75) is 160 Å². The summed E-state index contributed by atoms with van der Waals surface area (Å²) in [5.41, 5.74) is 5.31. The van der Waals surface area contributed by atoms with Gasteiger partial charge in [-0.15, -0.1) is 0 Å². The fourth-order valence-electron chi connectivity index (χ4n) is 5.15. The largest absolute Gasteiger partial charge is 0.472 e. The molecule has 0 aromatic carbocycles. The number of allylic oxidation sites excluding steroid dienone is 7. The molecule has 1 unspecified atom stereocenters. The molecule has 0 aliphatic heterocycles. The van der Waals surface area contributed by atoms with Crippen molar-refractivity contribution in [1.29, 1.82) is 0 Å². The third kappa shape index (κ3) is 34.1. The van der Waals surface area contributed by atoms with Gasteiger partial charge in [0.15, 0.2) is 6.10 Å². The molecular formula is C41H72NO11P. The molecule has 0 rings (SSSR count). The Morgan fingerprint density at radius 3 is 1.83 bits per heavy atom. The van der Waals surface area contributed by atoms with Gasteiger partial charge in [0.2, 0.25) is 0 Å². The van der Waals surface area contributed by atoms with E-state index >= 15 is 0 Å². The van der Waals surface area contributed by atoms with Crippen LogP contribution in [-0.2, 0) is 32.7 Å². The zero-order valence-electron chi connectivity index (χ0n) is 33.0. The Morgan fingerprint density at radius 2 is 1.24 bits per heavy atom. The number of unbranched alkanes of at least 4 members (excludes halogenated alkanes) is 12. The average molecular weight is 786 g/mol. The summed E-state index contributed by atoms with van der Waals surface area (Å²) in [7, 11) is -4.47. The van der Waals surface area contributed by atoms with E-state index in [1.54, 1.807) is 42.5 Å². The van der Waals surface area contributed by atoms with E-state index in [-0.39, 0.29) is 45.4 Å². The molecule has 54 heavy (non-hydrogen) atoms. The number of carbonyl (C=O) groups excluding carboxylic acids is 2. The second-order valence-corrected chi connectivity index (χ2v) is 14.8. The molecule has 0 saturated heterocycles. The van der Waals surface area contributed by atoms with Gasteiger partial charge in [0, 0.05) is 19.4 Å². The maximum absolute atomic E-state index is 12.6. The van der Waals surface area contributed by atoms with Crippen LogP contribution in [0.5, 0.6) is 0 Å². The first-order chi connectivity index (χ1) is 26.0. The van der Waals surface area contributed by atoms with E-state index in [1.807, 2.05) is 19.1 Å². The molecule has 0 aromatic rings. The van der Waals surface area contributed by atoms with E-state index < -0.39 is 50.8 Å². The highest BCUT2D eigenvalue weighted by molar-refractivity contribution is 7.47. The molecular weight excluding hydrogens is 713 g/mol. The van der Waals surface area contributed by atoms with E-state index in [4.69, 9.17) is 24.3 Å². The lowest BCUT2D eigenvalue weighted by molar-refractivity contribution is -0.161. The number of nitrogens with two attached hydrogens (primary N) is 1. The number of esters is 2. The highest BCUT2D eigenvalue weighted by Gasteiger charge is 2.26. The summed E-state index contributed by atoms with van der Waals surface area (Å²) in [5, 5.41) is 30.4. The van der Waals surface area contributed by atoms with E-state index in [2.05, 4.69) is 6.92 Å². The van der Waals surface area contributed by atoms with Crippen LogP contribution >= 0.6 is 7.82 Å². The Bertz CT molecular complexity index is 1120. The van der Waals surface area contributed by atoms with Crippen LogP contribution < -0.4 is 5.73 Å². The van der Waals surface area contributed by atoms with Crippen LogP contribution in [0.15, 0.2) is 60.8 Å². The molecule has 13 heteroatoms. The molecule has 12 nitrogen and oxygen atoms in total. The van der Waals surface area contributed by atoms with Gasteiger partial charge in [-0.05, 0) is 32.1 Å². The molecule has 312 valence electrons. The minimum atomic E-state index is -4.47. The normalized spacial score (nSPS) is 15.8. The lowest BCUT2D eigenvalue weighted by Crippen LogP contribution is -2.30. The maximum atomic E-state index is 12.6. The van der Waals surface area contributed by atoms with Gasteiger partial charge in [-0.25, -0.2) is 4.57 Å². The second-order valence-electron chi connectivity index (χ2n) is 13.3. The van der Waals surface area contributed by atoms with Crippen molar-refractivity contribution in [3.8, 4) is 0 Å². The van der Waals surface area contributed by atoms with Gasteiger partial charge >= 0.3 is 19.8 Å². The number of carbonyl (C=O) groups is 2. The summed E-state index contributed by atoms with van der Waals surface area (Å²) < 4.78 is 32.4. The molecule has 6 N–H and O–H groups in total. The van der Waals surface area contributed by atoms with Gasteiger partial charge in [-0.3, -0.25) is 18.6 Å². The quantitative estimate of drug-likeness (QED) is 0.0136. The highest BCUT2D eigenvalue weighted by Crippen LogP contribution is 2.43. The first kappa shape index (κ1) is 51.6. The van der Waals surface area contributed by atoms with Gasteiger partial charge in [0.25, 0.3) is 0 Å². The SMILES string of the molecule is CC/C=C\C[C@H](O)/C=C/C=C/C=C\C=C/[C@@H](O)[C@H](O)CCCC(=O)O[C@H](COC(=O)CCCCCCCCCCCCCCC)COP(=O)(O)OCCN. The number of aliphatic hydroxyl groups excluding tert-OH is 3. The lowest BCUT2D eigenvalue weighted by atomic mass is 10.0. The first-order valence-electron chi connectivity index (χ1n) is 20.1. The third-order valence-corrected chi connectivity index (χ3v) is 9.24. The minimum Gasteiger partial charge on any atom is -0.462 e. The van der Waals surface area contributed by atoms with Crippen LogP contribution in [0.1, 0.15) is 136 Å². The molecule has 5 atom stereocenters. The van der Waals surface area contributed by atoms with Gasteiger partial charge < -0.3 is 35.4 Å². The Labute approximate surface area is 325 Å². The lowest BCUT2D eigenvalue weighted by Gasteiger charge is -2.20. The topological polar surface area (TPSA) is 195 Å². The highest BCUT2D eigenvalue weighted by atomic mass is 31.2. The predicted octanol–water partition coefficient (Wildman–Crippen LogP) is 7.85. The summed E-state index contributed by atoms with van der Waals surface area (Å²) in [6.45, 7) is 3.11. The molecule has 0 saturated carbocycles.